The topological polar surface area (TPSA) is 49.3 Å². The third kappa shape index (κ3) is 3.93. The molecular weight excluding hydrogens is 264 g/mol. The second-order valence-electron chi connectivity index (χ2n) is 5.68. The Morgan fingerprint density at radius 2 is 1.81 bits per heavy atom. The molecule has 0 bridgehead atoms. The summed E-state index contributed by atoms with van der Waals surface area (Å²) < 4.78 is 0. The highest BCUT2D eigenvalue weighted by Gasteiger charge is 2.20. The lowest BCUT2D eigenvalue weighted by Gasteiger charge is -2.22. The molecule has 1 amide bonds. The van der Waals surface area contributed by atoms with Crippen LogP contribution in [0.3, 0.4) is 0 Å². The first-order valence-corrected chi connectivity index (χ1v) is 8.05. The summed E-state index contributed by atoms with van der Waals surface area (Å²) in [5.41, 5.74) is 1.40. The van der Waals surface area contributed by atoms with E-state index in [2.05, 4.69) is 28.7 Å². The fourth-order valence-corrected chi connectivity index (χ4v) is 2.74. The average Bonchev–Trinajstić information content (AvgIpc) is 3.00. The van der Waals surface area contributed by atoms with E-state index in [1.54, 1.807) is 6.07 Å². The molecule has 1 fully saturated rings. The number of aryl methyl sites for hydroxylation is 1. The van der Waals surface area contributed by atoms with Crippen LogP contribution in [0.15, 0.2) is 6.07 Å². The van der Waals surface area contributed by atoms with Crippen LogP contribution < -0.4 is 4.90 Å². The van der Waals surface area contributed by atoms with E-state index in [1.165, 1.54) is 12.8 Å². The molecule has 0 aliphatic carbocycles. The van der Waals surface area contributed by atoms with Crippen LogP contribution in [0.25, 0.3) is 0 Å². The minimum absolute atomic E-state index is 0.0321. The lowest BCUT2D eigenvalue weighted by Crippen LogP contribution is -2.33. The van der Waals surface area contributed by atoms with Gasteiger partial charge in [-0.3, -0.25) is 4.79 Å². The largest absolute Gasteiger partial charge is 0.341 e. The van der Waals surface area contributed by atoms with Crippen molar-refractivity contribution in [2.45, 2.75) is 46.5 Å². The highest BCUT2D eigenvalue weighted by molar-refractivity contribution is 5.92. The van der Waals surface area contributed by atoms with Gasteiger partial charge in [-0.1, -0.05) is 13.8 Å². The summed E-state index contributed by atoms with van der Waals surface area (Å²) in [5, 5.41) is 0. The molecule has 2 rings (SSSR count). The molecule has 0 N–H and O–H groups in total. The zero-order chi connectivity index (χ0) is 15.2. The molecule has 1 aliphatic rings. The van der Waals surface area contributed by atoms with Crippen molar-refractivity contribution in [1.82, 2.24) is 14.9 Å². The first-order chi connectivity index (χ1) is 10.2. The summed E-state index contributed by atoms with van der Waals surface area (Å²) in [6, 6.07) is 1.81. The molecule has 0 aromatic carbocycles. The molecule has 5 heteroatoms. The van der Waals surface area contributed by atoms with Gasteiger partial charge in [0.2, 0.25) is 5.95 Å². The van der Waals surface area contributed by atoms with Gasteiger partial charge in [0.1, 0.15) is 5.69 Å². The Bertz CT molecular complexity index is 477. The number of carbonyl (C=O) groups excluding carboxylic acids is 1. The lowest BCUT2D eigenvalue weighted by molar-refractivity contribution is 0.0749. The number of hydrogen-bond acceptors (Lipinski definition) is 4. The molecule has 1 aromatic rings. The molecule has 0 radical (unpaired) electrons. The first kappa shape index (κ1) is 15.7. The maximum Gasteiger partial charge on any atom is 0.272 e. The van der Waals surface area contributed by atoms with Crippen LogP contribution in [-0.4, -0.2) is 47.0 Å². The van der Waals surface area contributed by atoms with Gasteiger partial charge in [-0.25, -0.2) is 9.97 Å². The Morgan fingerprint density at radius 1 is 1.19 bits per heavy atom. The second-order valence-corrected chi connectivity index (χ2v) is 5.68. The summed E-state index contributed by atoms with van der Waals surface area (Å²) >= 11 is 0. The van der Waals surface area contributed by atoms with Crippen LogP contribution >= 0.6 is 0 Å². The lowest BCUT2D eigenvalue weighted by atomic mass is 10.2. The van der Waals surface area contributed by atoms with Crippen molar-refractivity contribution in [2.24, 2.45) is 0 Å². The molecule has 2 heterocycles. The van der Waals surface area contributed by atoms with Gasteiger partial charge < -0.3 is 9.80 Å². The van der Waals surface area contributed by atoms with E-state index in [0.717, 1.165) is 44.7 Å². The van der Waals surface area contributed by atoms with E-state index >= 15 is 0 Å². The van der Waals surface area contributed by atoms with Gasteiger partial charge in [-0.15, -0.1) is 0 Å². The standard InChI is InChI=1S/C16H26N4O/c1-4-8-19(9-5-2)15(21)14-12-13(3)17-16(18-14)20-10-6-7-11-20/h12H,4-11H2,1-3H3. The monoisotopic (exact) mass is 290 g/mol. The van der Waals surface area contributed by atoms with Gasteiger partial charge >= 0.3 is 0 Å². The van der Waals surface area contributed by atoms with Gasteiger partial charge in [-0.2, -0.15) is 0 Å². The van der Waals surface area contributed by atoms with Crippen LogP contribution in [0.2, 0.25) is 0 Å². The Kier molecular flexibility index (Phi) is 5.53. The summed E-state index contributed by atoms with van der Waals surface area (Å²) in [6.07, 6.45) is 4.29. The highest BCUT2D eigenvalue weighted by Crippen LogP contribution is 2.17. The van der Waals surface area contributed by atoms with Crippen molar-refractivity contribution in [3.63, 3.8) is 0 Å². The fourth-order valence-electron chi connectivity index (χ4n) is 2.74. The van der Waals surface area contributed by atoms with Gasteiger partial charge in [0.15, 0.2) is 0 Å². The van der Waals surface area contributed by atoms with Crippen LogP contribution in [0.4, 0.5) is 5.95 Å². The second kappa shape index (κ2) is 7.38. The molecule has 0 saturated carbocycles. The molecule has 21 heavy (non-hydrogen) atoms. The number of hydrogen-bond donors (Lipinski definition) is 0. The van der Waals surface area contributed by atoms with Crippen molar-refractivity contribution < 1.29 is 4.79 Å². The molecule has 1 aromatic heterocycles. The molecule has 1 aliphatic heterocycles. The number of nitrogens with zero attached hydrogens (tertiary/aromatic N) is 4. The van der Waals surface area contributed by atoms with Gasteiger partial charge in [-0.05, 0) is 38.7 Å². The zero-order valence-corrected chi connectivity index (χ0v) is 13.4. The van der Waals surface area contributed by atoms with E-state index < -0.39 is 0 Å². The van der Waals surface area contributed by atoms with Crippen molar-refractivity contribution >= 4 is 11.9 Å². The molecule has 0 unspecified atom stereocenters. The molecule has 5 nitrogen and oxygen atoms in total. The van der Waals surface area contributed by atoms with Crippen molar-refractivity contribution in [2.75, 3.05) is 31.1 Å². The van der Waals surface area contributed by atoms with Crippen LogP contribution in [-0.2, 0) is 0 Å². The minimum Gasteiger partial charge on any atom is -0.341 e. The smallest absolute Gasteiger partial charge is 0.272 e. The molecule has 0 atom stereocenters. The molecular formula is C16H26N4O. The van der Waals surface area contributed by atoms with Gasteiger partial charge in [0.25, 0.3) is 5.91 Å². The quantitative estimate of drug-likeness (QED) is 0.808. The molecule has 0 spiro atoms. The maximum atomic E-state index is 12.7. The number of carbonyl (C=O) groups is 1. The zero-order valence-electron chi connectivity index (χ0n) is 13.4. The molecule has 1 saturated heterocycles. The maximum absolute atomic E-state index is 12.7. The van der Waals surface area contributed by atoms with E-state index in [-0.39, 0.29) is 5.91 Å². The first-order valence-electron chi connectivity index (χ1n) is 8.05. The fraction of sp³-hybridized carbons (Fsp3) is 0.688. The van der Waals surface area contributed by atoms with Crippen molar-refractivity contribution in [3.8, 4) is 0 Å². The third-order valence-corrected chi connectivity index (χ3v) is 3.72. The number of aromatic nitrogens is 2. The van der Waals surface area contributed by atoms with E-state index in [0.29, 0.717) is 11.6 Å². The average molecular weight is 290 g/mol. The van der Waals surface area contributed by atoms with E-state index in [9.17, 15) is 4.79 Å². The Morgan fingerprint density at radius 3 is 2.38 bits per heavy atom. The summed E-state index contributed by atoms with van der Waals surface area (Å²) in [5.74, 6) is 0.744. The highest BCUT2D eigenvalue weighted by atomic mass is 16.2. The summed E-state index contributed by atoms with van der Waals surface area (Å²) in [4.78, 5) is 25.8. The summed E-state index contributed by atoms with van der Waals surface area (Å²) in [7, 11) is 0. The summed E-state index contributed by atoms with van der Waals surface area (Å²) in [6.45, 7) is 9.68. The van der Waals surface area contributed by atoms with Crippen LogP contribution in [0, 0.1) is 6.92 Å². The van der Waals surface area contributed by atoms with Crippen molar-refractivity contribution in [3.05, 3.63) is 17.5 Å². The van der Waals surface area contributed by atoms with Crippen molar-refractivity contribution in [1.29, 1.82) is 0 Å². The molecule has 116 valence electrons. The Hall–Kier alpha value is -1.65. The third-order valence-electron chi connectivity index (χ3n) is 3.72. The normalized spacial score (nSPS) is 14.5. The SMILES string of the molecule is CCCN(CCC)C(=O)c1cc(C)nc(N2CCCC2)n1. The number of rotatable bonds is 6. The van der Waals surface area contributed by atoms with Gasteiger partial charge in [0, 0.05) is 31.9 Å². The predicted octanol–water partition coefficient (Wildman–Crippen LogP) is 2.65. The van der Waals surface area contributed by atoms with E-state index in [4.69, 9.17) is 0 Å². The van der Waals surface area contributed by atoms with Crippen LogP contribution in [0.5, 0.6) is 0 Å². The number of anilines is 1. The predicted molar refractivity (Wildman–Crippen MR) is 84.7 cm³/mol. The van der Waals surface area contributed by atoms with Gasteiger partial charge in [0.05, 0.1) is 0 Å². The van der Waals surface area contributed by atoms with E-state index in [1.807, 2.05) is 11.8 Å². The number of amides is 1. The minimum atomic E-state index is 0.0321. The Labute approximate surface area is 127 Å². The Balaban J connectivity index is 2.22. The van der Waals surface area contributed by atoms with Crippen LogP contribution in [0.1, 0.15) is 55.7 Å².